The lowest BCUT2D eigenvalue weighted by Gasteiger charge is -2.21. The van der Waals surface area contributed by atoms with Gasteiger partial charge in [-0.05, 0) is 19.1 Å². The van der Waals surface area contributed by atoms with Gasteiger partial charge in [0.2, 0.25) is 0 Å². The van der Waals surface area contributed by atoms with Gasteiger partial charge < -0.3 is 15.5 Å². The molecule has 1 rings (SSSR count). The van der Waals surface area contributed by atoms with Crippen LogP contribution < -0.4 is 5.32 Å². The number of nitriles is 1. The summed E-state index contributed by atoms with van der Waals surface area (Å²) in [6.07, 6.45) is 1.51. The number of hydrogen-bond donors (Lipinski definition) is 3. The molecule has 5 nitrogen and oxygen atoms in total. The molecule has 0 aromatic carbocycles. The standard InChI is InChI=1S/C10H13N3O2/c1-10(15,7-14)6-13-9-3-2-8(4-11)12-5-9/h2-3,5,13-15H,6-7H2,1H3. The number of rotatable bonds is 4. The molecular formula is C10H13N3O2. The largest absolute Gasteiger partial charge is 0.393 e. The van der Waals surface area contributed by atoms with Gasteiger partial charge in [-0.1, -0.05) is 0 Å². The van der Waals surface area contributed by atoms with Crippen LogP contribution in [-0.4, -0.2) is 33.9 Å². The van der Waals surface area contributed by atoms with Crippen molar-refractivity contribution in [2.45, 2.75) is 12.5 Å². The third kappa shape index (κ3) is 3.54. The van der Waals surface area contributed by atoms with Crippen LogP contribution >= 0.6 is 0 Å². The van der Waals surface area contributed by atoms with Crippen LogP contribution in [0.15, 0.2) is 18.3 Å². The molecule has 15 heavy (non-hydrogen) atoms. The van der Waals surface area contributed by atoms with Crippen LogP contribution in [-0.2, 0) is 0 Å². The molecule has 0 aliphatic rings. The molecular weight excluding hydrogens is 194 g/mol. The normalized spacial score (nSPS) is 14.0. The van der Waals surface area contributed by atoms with Crippen LogP contribution in [0.1, 0.15) is 12.6 Å². The number of pyridine rings is 1. The first-order valence-corrected chi connectivity index (χ1v) is 4.51. The van der Waals surface area contributed by atoms with E-state index in [2.05, 4.69) is 10.3 Å². The fourth-order valence-corrected chi connectivity index (χ4v) is 0.913. The van der Waals surface area contributed by atoms with Gasteiger partial charge in [0, 0.05) is 6.54 Å². The second-order valence-electron chi connectivity index (χ2n) is 3.55. The summed E-state index contributed by atoms with van der Waals surface area (Å²) < 4.78 is 0. The van der Waals surface area contributed by atoms with Crippen LogP contribution in [0.2, 0.25) is 0 Å². The van der Waals surface area contributed by atoms with Gasteiger partial charge in [-0.15, -0.1) is 0 Å². The minimum absolute atomic E-state index is 0.219. The number of nitrogens with zero attached hydrogens (tertiary/aromatic N) is 2. The van der Waals surface area contributed by atoms with E-state index >= 15 is 0 Å². The molecule has 1 aromatic heterocycles. The van der Waals surface area contributed by atoms with Gasteiger partial charge >= 0.3 is 0 Å². The second-order valence-corrected chi connectivity index (χ2v) is 3.55. The van der Waals surface area contributed by atoms with E-state index in [4.69, 9.17) is 10.4 Å². The maximum Gasteiger partial charge on any atom is 0.140 e. The van der Waals surface area contributed by atoms with E-state index in [-0.39, 0.29) is 13.2 Å². The number of aliphatic hydroxyl groups excluding tert-OH is 1. The minimum Gasteiger partial charge on any atom is -0.393 e. The monoisotopic (exact) mass is 207 g/mol. The fraction of sp³-hybridized carbons (Fsp3) is 0.400. The summed E-state index contributed by atoms with van der Waals surface area (Å²) in [6.45, 7) is 1.43. The quantitative estimate of drug-likeness (QED) is 0.652. The summed E-state index contributed by atoms with van der Waals surface area (Å²) in [5.41, 5.74) is -0.120. The van der Waals surface area contributed by atoms with Crippen molar-refractivity contribution in [1.82, 2.24) is 4.98 Å². The van der Waals surface area contributed by atoms with E-state index in [1.54, 1.807) is 12.1 Å². The van der Waals surface area contributed by atoms with E-state index < -0.39 is 5.60 Å². The van der Waals surface area contributed by atoms with Crippen LogP contribution in [0, 0.1) is 11.3 Å². The Hall–Kier alpha value is -1.64. The second kappa shape index (κ2) is 4.73. The zero-order valence-corrected chi connectivity index (χ0v) is 8.44. The third-order valence-corrected chi connectivity index (χ3v) is 1.89. The van der Waals surface area contributed by atoms with Crippen molar-refractivity contribution in [1.29, 1.82) is 5.26 Å². The Morgan fingerprint density at radius 3 is 2.80 bits per heavy atom. The molecule has 0 bridgehead atoms. The molecule has 5 heteroatoms. The van der Waals surface area contributed by atoms with E-state index in [9.17, 15) is 5.11 Å². The molecule has 0 fully saturated rings. The van der Waals surface area contributed by atoms with Crippen molar-refractivity contribution in [3.05, 3.63) is 24.0 Å². The molecule has 0 radical (unpaired) electrons. The van der Waals surface area contributed by atoms with Gasteiger partial charge in [0.15, 0.2) is 0 Å². The summed E-state index contributed by atoms with van der Waals surface area (Å²) in [5, 5.41) is 29.7. The molecule has 0 spiro atoms. The summed E-state index contributed by atoms with van der Waals surface area (Å²) in [5.74, 6) is 0. The highest BCUT2D eigenvalue weighted by Crippen LogP contribution is 2.08. The van der Waals surface area contributed by atoms with Crippen molar-refractivity contribution in [2.24, 2.45) is 0 Å². The molecule has 80 valence electrons. The van der Waals surface area contributed by atoms with Crippen LogP contribution in [0.4, 0.5) is 5.69 Å². The highest BCUT2D eigenvalue weighted by atomic mass is 16.3. The smallest absolute Gasteiger partial charge is 0.140 e. The lowest BCUT2D eigenvalue weighted by atomic mass is 10.1. The highest BCUT2D eigenvalue weighted by Gasteiger charge is 2.18. The van der Waals surface area contributed by atoms with Gasteiger partial charge in [0.05, 0.1) is 18.5 Å². The summed E-state index contributed by atoms with van der Waals surface area (Å²) >= 11 is 0. The number of nitrogens with one attached hydrogen (secondary N) is 1. The predicted octanol–water partition coefficient (Wildman–Crippen LogP) is 0.108. The molecule has 1 aromatic rings. The minimum atomic E-state index is -1.16. The Labute approximate surface area is 88.0 Å². The van der Waals surface area contributed by atoms with E-state index in [1.165, 1.54) is 13.1 Å². The average Bonchev–Trinajstić information content (AvgIpc) is 2.27. The lowest BCUT2D eigenvalue weighted by molar-refractivity contribution is 0.0132. The molecule has 1 unspecified atom stereocenters. The maximum absolute atomic E-state index is 9.50. The van der Waals surface area contributed by atoms with E-state index in [0.717, 1.165) is 0 Å². The Bertz CT molecular complexity index is 354. The summed E-state index contributed by atoms with van der Waals surface area (Å²) in [4.78, 5) is 3.86. The topological polar surface area (TPSA) is 89.2 Å². The lowest BCUT2D eigenvalue weighted by Crippen LogP contribution is -2.37. The number of aliphatic hydroxyl groups is 2. The van der Waals surface area contributed by atoms with E-state index in [0.29, 0.717) is 11.4 Å². The van der Waals surface area contributed by atoms with Crippen LogP contribution in [0.3, 0.4) is 0 Å². The molecule has 1 atom stereocenters. The maximum atomic E-state index is 9.50. The Morgan fingerprint density at radius 1 is 1.60 bits per heavy atom. The molecule has 0 aliphatic carbocycles. The van der Waals surface area contributed by atoms with Crippen LogP contribution in [0.5, 0.6) is 0 Å². The van der Waals surface area contributed by atoms with Crippen molar-refractivity contribution in [3.63, 3.8) is 0 Å². The van der Waals surface area contributed by atoms with Gasteiger partial charge in [0.25, 0.3) is 0 Å². The zero-order chi connectivity index (χ0) is 11.3. The Balaban J connectivity index is 2.56. The SMILES string of the molecule is CC(O)(CO)CNc1ccc(C#N)nc1. The van der Waals surface area contributed by atoms with Gasteiger partial charge in [-0.25, -0.2) is 4.98 Å². The first-order chi connectivity index (χ1) is 7.07. The number of anilines is 1. The van der Waals surface area contributed by atoms with Gasteiger partial charge in [0.1, 0.15) is 17.4 Å². The summed E-state index contributed by atoms with van der Waals surface area (Å²) in [6, 6.07) is 5.18. The zero-order valence-electron chi connectivity index (χ0n) is 8.44. The molecule has 0 amide bonds. The summed E-state index contributed by atoms with van der Waals surface area (Å²) in [7, 11) is 0. The molecule has 0 saturated carbocycles. The highest BCUT2D eigenvalue weighted by molar-refractivity contribution is 5.42. The Morgan fingerprint density at radius 2 is 2.33 bits per heavy atom. The molecule has 0 aliphatic heterocycles. The van der Waals surface area contributed by atoms with Crippen molar-refractivity contribution in [3.8, 4) is 6.07 Å². The van der Waals surface area contributed by atoms with E-state index in [1.807, 2.05) is 6.07 Å². The van der Waals surface area contributed by atoms with Gasteiger partial charge in [-0.3, -0.25) is 0 Å². The first kappa shape index (κ1) is 11.4. The van der Waals surface area contributed by atoms with Crippen molar-refractivity contribution < 1.29 is 10.2 Å². The fourth-order valence-electron chi connectivity index (χ4n) is 0.913. The number of aromatic nitrogens is 1. The molecule has 1 heterocycles. The Kier molecular flexibility index (Phi) is 3.61. The first-order valence-electron chi connectivity index (χ1n) is 4.51. The van der Waals surface area contributed by atoms with Crippen molar-refractivity contribution in [2.75, 3.05) is 18.5 Å². The number of hydrogen-bond acceptors (Lipinski definition) is 5. The molecule has 3 N–H and O–H groups in total. The molecule has 0 saturated heterocycles. The predicted molar refractivity (Wildman–Crippen MR) is 55.2 cm³/mol. The van der Waals surface area contributed by atoms with Gasteiger partial charge in [-0.2, -0.15) is 5.26 Å². The van der Waals surface area contributed by atoms with Crippen molar-refractivity contribution >= 4 is 5.69 Å². The average molecular weight is 207 g/mol. The van der Waals surface area contributed by atoms with Crippen LogP contribution in [0.25, 0.3) is 0 Å². The third-order valence-electron chi connectivity index (χ3n) is 1.89.